The first-order valence-electron chi connectivity index (χ1n) is 10.3. The molecule has 1 spiro atoms. The van der Waals surface area contributed by atoms with Gasteiger partial charge in [-0.3, -0.25) is 0 Å². The third-order valence-electron chi connectivity index (χ3n) is 6.12. The normalized spacial score (nSPS) is 22.6. The summed E-state index contributed by atoms with van der Waals surface area (Å²) in [4.78, 5) is 0.407. The zero-order valence-corrected chi connectivity index (χ0v) is 17.7. The summed E-state index contributed by atoms with van der Waals surface area (Å²) in [5.41, 5.74) is 1.69. The van der Waals surface area contributed by atoms with E-state index in [0.717, 1.165) is 18.4 Å². The summed E-state index contributed by atoms with van der Waals surface area (Å²) < 4.78 is 40.1. The number of rotatable bonds is 5. The van der Waals surface area contributed by atoms with Gasteiger partial charge in [0.2, 0.25) is 10.0 Å². The van der Waals surface area contributed by atoms with E-state index in [4.69, 9.17) is 9.47 Å². The van der Waals surface area contributed by atoms with Gasteiger partial charge >= 0.3 is 0 Å². The number of sulfonamides is 1. The highest BCUT2D eigenvalue weighted by Gasteiger charge is 2.43. The summed E-state index contributed by atoms with van der Waals surface area (Å²) in [6.07, 6.45) is 3.30. The highest BCUT2D eigenvalue weighted by molar-refractivity contribution is 7.89. The van der Waals surface area contributed by atoms with Gasteiger partial charge in [-0.25, -0.2) is 8.42 Å². The van der Waals surface area contributed by atoms with Gasteiger partial charge in [-0.1, -0.05) is 48.5 Å². The van der Waals surface area contributed by atoms with Crippen LogP contribution in [0.5, 0.6) is 0 Å². The molecule has 1 unspecified atom stereocenters. The lowest BCUT2D eigenvalue weighted by molar-refractivity contribution is -0.153. The van der Waals surface area contributed by atoms with E-state index in [2.05, 4.69) is 12.1 Å². The Kier molecular flexibility index (Phi) is 6.06. The molecule has 2 heterocycles. The predicted octanol–water partition coefficient (Wildman–Crippen LogP) is 3.91. The monoisotopic (exact) mass is 415 g/mol. The summed E-state index contributed by atoms with van der Waals surface area (Å²) in [5.74, 6) is 0. The molecule has 0 bridgehead atoms. The quantitative estimate of drug-likeness (QED) is 0.743. The maximum atomic E-state index is 13.1. The van der Waals surface area contributed by atoms with Crippen molar-refractivity contribution < 1.29 is 17.9 Å². The first-order chi connectivity index (χ1) is 14.0. The molecule has 0 aliphatic carbocycles. The molecule has 0 N–H and O–H groups in total. The molecule has 6 heteroatoms. The maximum absolute atomic E-state index is 13.1. The Morgan fingerprint density at radius 3 is 2.48 bits per heavy atom. The minimum Gasteiger partial charge on any atom is -0.375 e. The Morgan fingerprint density at radius 2 is 1.76 bits per heavy atom. The molecule has 2 aliphatic heterocycles. The number of piperidine rings is 1. The molecule has 4 rings (SSSR count). The smallest absolute Gasteiger partial charge is 0.243 e. The van der Waals surface area contributed by atoms with Crippen LogP contribution >= 0.6 is 0 Å². The Balaban J connectivity index is 1.37. The van der Waals surface area contributed by atoms with Gasteiger partial charge in [0.05, 0.1) is 23.2 Å². The van der Waals surface area contributed by atoms with Gasteiger partial charge < -0.3 is 9.47 Å². The average molecular weight is 416 g/mol. The van der Waals surface area contributed by atoms with Gasteiger partial charge in [0.25, 0.3) is 0 Å². The summed E-state index contributed by atoms with van der Waals surface area (Å²) in [6, 6.07) is 17.4. The molecule has 0 aromatic heterocycles. The molecule has 156 valence electrons. The topological polar surface area (TPSA) is 55.8 Å². The van der Waals surface area contributed by atoms with E-state index in [1.54, 1.807) is 16.4 Å². The van der Waals surface area contributed by atoms with Crippen molar-refractivity contribution in [3.05, 3.63) is 65.7 Å². The standard InChI is InChI=1S/C23H29NO4S/c1-19-7-5-6-10-22(19)29(25,26)24-14-12-23(13-15-24)17-21(11-16-28-23)27-18-20-8-3-2-4-9-20/h2-10,21H,11-18H2,1H3. The van der Waals surface area contributed by atoms with Crippen molar-refractivity contribution >= 4 is 10.0 Å². The summed E-state index contributed by atoms with van der Waals surface area (Å²) >= 11 is 0. The second kappa shape index (κ2) is 8.56. The highest BCUT2D eigenvalue weighted by atomic mass is 32.2. The van der Waals surface area contributed by atoms with Crippen LogP contribution in [0.25, 0.3) is 0 Å². The van der Waals surface area contributed by atoms with E-state index < -0.39 is 10.0 Å². The van der Waals surface area contributed by atoms with Crippen LogP contribution in [-0.2, 0) is 26.1 Å². The number of benzene rings is 2. The zero-order valence-electron chi connectivity index (χ0n) is 16.9. The molecular formula is C23H29NO4S. The molecule has 2 aromatic rings. The molecule has 0 saturated carbocycles. The number of hydrogen-bond acceptors (Lipinski definition) is 4. The second-order valence-corrected chi connectivity index (χ2v) is 10.0. The van der Waals surface area contributed by atoms with E-state index in [1.165, 1.54) is 5.56 Å². The molecule has 0 radical (unpaired) electrons. The molecule has 2 saturated heterocycles. The SMILES string of the molecule is Cc1ccccc1S(=O)(=O)N1CCC2(CC1)CC(OCc1ccccc1)CCO2. The van der Waals surface area contributed by atoms with Gasteiger partial charge in [0, 0.05) is 26.1 Å². The molecule has 1 atom stereocenters. The van der Waals surface area contributed by atoms with Crippen LogP contribution in [0.2, 0.25) is 0 Å². The van der Waals surface area contributed by atoms with Crippen molar-refractivity contribution in [3.63, 3.8) is 0 Å². The van der Waals surface area contributed by atoms with Gasteiger partial charge in [0.1, 0.15) is 0 Å². The fourth-order valence-electron chi connectivity index (χ4n) is 4.38. The fourth-order valence-corrected chi connectivity index (χ4v) is 6.05. The molecule has 2 aromatic carbocycles. The molecule has 0 amide bonds. The van der Waals surface area contributed by atoms with Gasteiger partial charge in [-0.05, 0) is 43.4 Å². The largest absolute Gasteiger partial charge is 0.375 e. The minimum absolute atomic E-state index is 0.156. The van der Waals surface area contributed by atoms with Crippen molar-refractivity contribution in [2.75, 3.05) is 19.7 Å². The van der Waals surface area contributed by atoms with Crippen molar-refractivity contribution in [1.29, 1.82) is 0 Å². The molecule has 2 aliphatic rings. The van der Waals surface area contributed by atoms with Crippen molar-refractivity contribution in [3.8, 4) is 0 Å². The number of nitrogens with zero attached hydrogens (tertiary/aromatic N) is 1. The Hall–Kier alpha value is -1.73. The van der Waals surface area contributed by atoms with Crippen molar-refractivity contribution in [2.24, 2.45) is 0 Å². The van der Waals surface area contributed by atoms with Crippen LogP contribution in [0.3, 0.4) is 0 Å². The van der Waals surface area contributed by atoms with E-state index in [-0.39, 0.29) is 11.7 Å². The lowest BCUT2D eigenvalue weighted by Crippen LogP contribution is -2.52. The predicted molar refractivity (Wildman–Crippen MR) is 112 cm³/mol. The second-order valence-electron chi connectivity index (χ2n) is 8.11. The van der Waals surface area contributed by atoms with Crippen LogP contribution in [0, 0.1) is 6.92 Å². The lowest BCUT2D eigenvalue weighted by Gasteiger charge is -2.45. The summed E-state index contributed by atoms with van der Waals surface area (Å²) in [7, 11) is -3.46. The Morgan fingerprint density at radius 1 is 1.07 bits per heavy atom. The third-order valence-corrected chi connectivity index (χ3v) is 8.18. The van der Waals surface area contributed by atoms with Gasteiger partial charge in [-0.15, -0.1) is 0 Å². The maximum Gasteiger partial charge on any atom is 0.243 e. The number of aryl methyl sites for hydroxylation is 1. The van der Waals surface area contributed by atoms with E-state index >= 15 is 0 Å². The first kappa shape index (κ1) is 20.5. The first-order valence-corrected chi connectivity index (χ1v) is 11.8. The summed E-state index contributed by atoms with van der Waals surface area (Å²) in [6.45, 7) is 4.10. The summed E-state index contributed by atoms with van der Waals surface area (Å²) in [5, 5.41) is 0. The van der Waals surface area contributed by atoms with E-state index in [1.807, 2.05) is 37.3 Å². The zero-order chi connectivity index (χ0) is 20.3. The number of ether oxygens (including phenoxy) is 2. The van der Waals surface area contributed by atoms with Crippen LogP contribution in [-0.4, -0.2) is 44.1 Å². The molecule has 5 nitrogen and oxygen atoms in total. The van der Waals surface area contributed by atoms with Crippen LogP contribution in [0.4, 0.5) is 0 Å². The van der Waals surface area contributed by atoms with Gasteiger partial charge in [0.15, 0.2) is 0 Å². The highest BCUT2D eigenvalue weighted by Crippen LogP contribution is 2.37. The average Bonchev–Trinajstić information content (AvgIpc) is 2.74. The van der Waals surface area contributed by atoms with E-state index in [9.17, 15) is 8.42 Å². The van der Waals surface area contributed by atoms with Crippen molar-refractivity contribution in [2.45, 2.75) is 55.8 Å². The van der Waals surface area contributed by atoms with Crippen LogP contribution < -0.4 is 0 Å². The Bertz CT molecular complexity index is 921. The van der Waals surface area contributed by atoms with Gasteiger partial charge in [-0.2, -0.15) is 4.31 Å². The molecule has 2 fully saturated rings. The van der Waals surface area contributed by atoms with Crippen LogP contribution in [0.15, 0.2) is 59.5 Å². The fraction of sp³-hybridized carbons (Fsp3) is 0.478. The molecule has 29 heavy (non-hydrogen) atoms. The van der Waals surface area contributed by atoms with Crippen molar-refractivity contribution in [1.82, 2.24) is 4.31 Å². The minimum atomic E-state index is -3.46. The lowest BCUT2D eigenvalue weighted by atomic mass is 9.84. The van der Waals surface area contributed by atoms with E-state index in [0.29, 0.717) is 44.0 Å². The Labute approximate surface area is 173 Å². The number of hydrogen-bond donors (Lipinski definition) is 0. The van der Waals surface area contributed by atoms with Crippen LogP contribution in [0.1, 0.15) is 36.8 Å². The third kappa shape index (κ3) is 4.56. The molecular weight excluding hydrogens is 386 g/mol.